The number of amides is 1. The van der Waals surface area contributed by atoms with Gasteiger partial charge in [0.1, 0.15) is 19.3 Å². The van der Waals surface area contributed by atoms with Gasteiger partial charge < -0.3 is 19.9 Å². The Labute approximate surface area is 171 Å². The number of hydrogen-bond acceptors (Lipinski definition) is 7. The van der Waals surface area contributed by atoms with Crippen LogP contribution in [0.3, 0.4) is 0 Å². The summed E-state index contributed by atoms with van der Waals surface area (Å²) in [6, 6.07) is 13.0. The number of esters is 1. The number of carboxylic acids is 1. The van der Waals surface area contributed by atoms with E-state index in [1.54, 1.807) is 24.3 Å². The summed E-state index contributed by atoms with van der Waals surface area (Å²) >= 11 is 0. The van der Waals surface area contributed by atoms with E-state index < -0.39 is 29.0 Å². The number of nitro benzene ring substituents is 1. The van der Waals surface area contributed by atoms with Crippen LogP contribution < -0.4 is 5.32 Å². The normalized spacial score (nSPS) is 11.2. The maximum atomic E-state index is 11.8. The smallest absolute Gasteiger partial charge is 0.408 e. The number of non-ortho nitro benzene ring substituents is 1. The van der Waals surface area contributed by atoms with Gasteiger partial charge in [-0.15, -0.1) is 0 Å². The fraction of sp³-hybridized carbons (Fsp3) is 0.250. The topological polar surface area (TPSA) is 145 Å². The third-order valence-electron chi connectivity index (χ3n) is 3.99. The fourth-order valence-electron chi connectivity index (χ4n) is 2.38. The van der Waals surface area contributed by atoms with E-state index in [2.05, 4.69) is 5.32 Å². The number of rotatable bonds is 10. The van der Waals surface area contributed by atoms with Crippen LogP contribution in [0.15, 0.2) is 54.6 Å². The van der Waals surface area contributed by atoms with Crippen molar-refractivity contribution in [1.29, 1.82) is 0 Å². The predicted octanol–water partition coefficient (Wildman–Crippen LogP) is 2.80. The summed E-state index contributed by atoms with van der Waals surface area (Å²) < 4.78 is 9.99. The zero-order valence-corrected chi connectivity index (χ0v) is 15.9. The molecule has 2 N–H and O–H groups in total. The lowest BCUT2D eigenvalue weighted by Gasteiger charge is -2.14. The first-order chi connectivity index (χ1) is 14.3. The van der Waals surface area contributed by atoms with Crippen molar-refractivity contribution >= 4 is 23.7 Å². The average molecular weight is 416 g/mol. The Bertz CT molecular complexity index is 883. The molecule has 0 unspecified atom stereocenters. The van der Waals surface area contributed by atoms with Gasteiger partial charge in [0.25, 0.3) is 5.69 Å². The van der Waals surface area contributed by atoms with Crippen LogP contribution in [-0.2, 0) is 32.3 Å². The highest BCUT2D eigenvalue weighted by Gasteiger charge is 2.22. The van der Waals surface area contributed by atoms with Gasteiger partial charge in [-0.3, -0.25) is 14.9 Å². The molecular weight excluding hydrogens is 396 g/mol. The Hall–Kier alpha value is -3.95. The van der Waals surface area contributed by atoms with Crippen LogP contribution in [0.5, 0.6) is 0 Å². The van der Waals surface area contributed by atoms with Crippen LogP contribution in [0.4, 0.5) is 10.5 Å². The molecule has 0 aliphatic carbocycles. The Morgan fingerprint density at radius 3 is 2.17 bits per heavy atom. The first-order valence-electron chi connectivity index (χ1n) is 8.94. The van der Waals surface area contributed by atoms with E-state index in [0.29, 0.717) is 5.56 Å². The van der Waals surface area contributed by atoms with E-state index in [9.17, 15) is 29.6 Å². The summed E-state index contributed by atoms with van der Waals surface area (Å²) in [5.74, 6) is -1.98. The molecule has 0 heterocycles. The summed E-state index contributed by atoms with van der Waals surface area (Å²) in [5.41, 5.74) is 1.21. The molecule has 0 saturated carbocycles. The van der Waals surface area contributed by atoms with Gasteiger partial charge in [-0.25, -0.2) is 9.59 Å². The number of carbonyl (C=O) groups is 3. The van der Waals surface area contributed by atoms with Crippen molar-refractivity contribution in [2.24, 2.45) is 0 Å². The molecule has 2 rings (SSSR count). The Kier molecular flexibility index (Phi) is 8.30. The van der Waals surface area contributed by atoms with Gasteiger partial charge >= 0.3 is 18.0 Å². The largest absolute Gasteiger partial charge is 0.480 e. The number of nitrogens with zero attached hydrogens (tertiary/aromatic N) is 1. The molecule has 0 spiro atoms. The third kappa shape index (κ3) is 7.58. The molecule has 0 saturated heterocycles. The minimum absolute atomic E-state index is 0.0176. The monoisotopic (exact) mass is 416 g/mol. The number of nitro groups is 1. The van der Waals surface area contributed by atoms with Crippen molar-refractivity contribution in [1.82, 2.24) is 5.32 Å². The van der Waals surface area contributed by atoms with Gasteiger partial charge in [0.2, 0.25) is 0 Å². The van der Waals surface area contributed by atoms with E-state index in [-0.39, 0.29) is 31.7 Å². The van der Waals surface area contributed by atoms with Crippen LogP contribution in [0.1, 0.15) is 24.0 Å². The summed E-state index contributed by atoms with van der Waals surface area (Å²) in [6.45, 7) is -0.128. The number of aliphatic carboxylic acids is 1. The maximum Gasteiger partial charge on any atom is 0.408 e. The summed E-state index contributed by atoms with van der Waals surface area (Å²) in [5, 5.41) is 22.0. The molecule has 30 heavy (non-hydrogen) atoms. The molecule has 158 valence electrons. The van der Waals surface area contributed by atoms with Gasteiger partial charge in [0.15, 0.2) is 0 Å². The summed E-state index contributed by atoms with van der Waals surface area (Å²) in [4.78, 5) is 45.0. The Morgan fingerprint density at radius 2 is 1.57 bits per heavy atom. The quantitative estimate of drug-likeness (QED) is 0.342. The zero-order chi connectivity index (χ0) is 21.9. The van der Waals surface area contributed by atoms with Crippen LogP contribution in [0, 0.1) is 10.1 Å². The fourth-order valence-corrected chi connectivity index (χ4v) is 2.38. The molecule has 2 aromatic rings. The minimum atomic E-state index is -1.32. The van der Waals surface area contributed by atoms with Gasteiger partial charge in [-0.1, -0.05) is 30.3 Å². The Morgan fingerprint density at radius 1 is 0.967 bits per heavy atom. The highest BCUT2D eigenvalue weighted by atomic mass is 16.6. The standard InChI is InChI=1S/C20H20N2O8/c23-18(29-12-15-6-8-16(9-7-15)22(27)28)11-10-17(19(24)25)21-20(26)30-13-14-4-2-1-3-5-14/h1-9,17H,10-13H2,(H,21,26)(H,24,25)/t17-/m0/s1. The number of benzene rings is 2. The van der Waals surface area contributed by atoms with Gasteiger partial charge in [-0.05, 0) is 29.7 Å². The molecule has 0 bridgehead atoms. The van der Waals surface area contributed by atoms with Crippen LogP contribution in [0.2, 0.25) is 0 Å². The molecule has 10 nitrogen and oxygen atoms in total. The lowest BCUT2D eigenvalue weighted by molar-refractivity contribution is -0.384. The van der Waals surface area contributed by atoms with Crippen LogP contribution in [-0.4, -0.2) is 34.1 Å². The highest BCUT2D eigenvalue weighted by molar-refractivity contribution is 5.80. The van der Waals surface area contributed by atoms with E-state index in [1.165, 1.54) is 24.3 Å². The van der Waals surface area contributed by atoms with E-state index in [4.69, 9.17) is 9.47 Å². The number of carbonyl (C=O) groups excluding carboxylic acids is 2. The Balaban J connectivity index is 1.74. The van der Waals surface area contributed by atoms with Gasteiger partial charge in [0, 0.05) is 18.6 Å². The van der Waals surface area contributed by atoms with Crippen molar-refractivity contribution in [3.63, 3.8) is 0 Å². The second-order valence-corrected chi connectivity index (χ2v) is 6.22. The zero-order valence-electron chi connectivity index (χ0n) is 15.9. The number of nitrogens with one attached hydrogen (secondary N) is 1. The third-order valence-corrected chi connectivity index (χ3v) is 3.99. The molecule has 1 atom stereocenters. The first-order valence-corrected chi connectivity index (χ1v) is 8.94. The molecular formula is C20H20N2O8. The van der Waals surface area contributed by atoms with Crippen molar-refractivity contribution in [3.8, 4) is 0 Å². The van der Waals surface area contributed by atoms with Gasteiger partial charge in [-0.2, -0.15) is 0 Å². The molecule has 1 amide bonds. The highest BCUT2D eigenvalue weighted by Crippen LogP contribution is 2.13. The number of alkyl carbamates (subject to hydrolysis) is 1. The molecule has 0 fully saturated rings. The molecule has 0 aliphatic heterocycles. The van der Waals surface area contributed by atoms with Crippen LogP contribution >= 0.6 is 0 Å². The first kappa shape index (κ1) is 22.3. The molecule has 0 radical (unpaired) electrons. The van der Waals surface area contributed by atoms with Gasteiger partial charge in [0.05, 0.1) is 4.92 Å². The van der Waals surface area contributed by atoms with Crippen molar-refractivity contribution in [2.45, 2.75) is 32.1 Å². The molecule has 0 aromatic heterocycles. The number of hydrogen-bond donors (Lipinski definition) is 2. The lowest BCUT2D eigenvalue weighted by Crippen LogP contribution is -2.41. The van der Waals surface area contributed by atoms with Crippen LogP contribution in [0.25, 0.3) is 0 Å². The second kappa shape index (κ2) is 11.1. The molecule has 0 aliphatic rings. The number of carboxylic acid groups (broad SMARTS) is 1. The molecule has 10 heteroatoms. The van der Waals surface area contributed by atoms with E-state index in [1.807, 2.05) is 6.07 Å². The summed E-state index contributed by atoms with van der Waals surface area (Å²) in [6.07, 6.45) is -1.34. The minimum Gasteiger partial charge on any atom is -0.480 e. The van der Waals surface area contributed by atoms with Crippen molar-refractivity contribution in [2.75, 3.05) is 0 Å². The van der Waals surface area contributed by atoms with E-state index in [0.717, 1.165) is 5.56 Å². The summed E-state index contributed by atoms with van der Waals surface area (Å²) in [7, 11) is 0. The average Bonchev–Trinajstić information content (AvgIpc) is 2.74. The SMILES string of the molecule is O=C(CC[C@H](NC(=O)OCc1ccccc1)C(=O)O)OCc1ccc([N+](=O)[O-])cc1. The van der Waals surface area contributed by atoms with Crippen molar-refractivity contribution < 1.29 is 33.9 Å². The predicted molar refractivity (Wildman–Crippen MR) is 103 cm³/mol. The maximum absolute atomic E-state index is 11.8. The van der Waals surface area contributed by atoms with Crippen molar-refractivity contribution in [3.05, 3.63) is 75.8 Å². The van der Waals surface area contributed by atoms with E-state index >= 15 is 0 Å². The number of ether oxygens (including phenoxy) is 2. The second-order valence-electron chi connectivity index (χ2n) is 6.22. The molecule has 2 aromatic carbocycles. The lowest BCUT2D eigenvalue weighted by atomic mass is 10.1.